The van der Waals surface area contributed by atoms with Gasteiger partial charge < -0.3 is 5.32 Å². The van der Waals surface area contributed by atoms with Crippen LogP contribution in [-0.2, 0) is 16.6 Å². The van der Waals surface area contributed by atoms with Gasteiger partial charge in [-0.25, -0.2) is 13.1 Å². The van der Waals surface area contributed by atoms with Crippen molar-refractivity contribution in [3.63, 3.8) is 0 Å². The molecule has 2 aromatic rings. The van der Waals surface area contributed by atoms with Gasteiger partial charge in [-0.1, -0.05) is 18.2 Å². The zero-order valence-corrected chi connectivity index (χ0v) is 12.3. The number of nitrogens with one attached hydrogen (secondary N) is 2. The molecule has 3 rings (SSSR count). The fraction of sp³-hybridized carbons (Fsp3) is 0.385. The Hall–Kier alpha value is -0.950. The smallest absolute Gasteiger partial charge is 0.242 e. The van der Waals surface area contributed by atoms with Crippen LogP contribution < -0.4 is 10.0 Å². The Morgan fingerprint density at radius 2 is 2.05 bits per heavy atom. The molecule has 1 saturated carbocycles. The zero-order valence-electron chi connectivity index (χ0n) is 10.6. The highest BCUT2D eigenvalue weighted by atomic mass is 32.2. The fourth-order valence-corrected chi connectivity index (χ4v) is 4.72. The minimum absolute atomic E-state index is 0.434. The van der Waals surface area contributed by atoms with Crippen molar-refractivity contribution in [3.8, 4) is 0 Å². The van der Waals surface area contributed by atoms with Crippen LogP contribution in [0.25, 0.3) is 10.1 Å². The summed E-state index contributed by atoms with van der Waals surface area (Å²) in [6.07, 6.45) is 2.39. The van der Waals surface area contributed by atoms with Crippen molar-refractivity contribution in [2.45, 2.75) is 30.3 Å². The first-order valence-electron chi connectivity index (χ1n) is 6.29. The van der Waals surface area contributed by atoms with Crippen molar-refractivity contribution >= 4 is 31.4 Å². The van der Waals surface area contributed by atoms with Crippen LogP contribution in [0.3, 0.4) is 0 Å². The molecule has 2 N–H and O–H groups in total. The van der Waals surface area contributed by atoms with Crippen LogP contribution in [-0.4, -0.2) is 21.5 Å². The third kappa shape index (κ3) is 2.53. The Morgan fingerprint density at radius 1 is 1.32 bits per heavy atom. The first kappa shape index (κ1) is 13.1. The van der Waals surface area contributed by atoms with Gasteiger partial charge in [0.25, 0.3) is 0 Å². The fourth-order valence-electron chi connectivity index (χ4n) is 2.11. The van der Waals surface area contributed by atoms with E-state index in [2.05, 4.69) is 10.0 Å². The molecule has 0 atom stereocenters. The largest absolute Gasteiger partial charge is 0.309 e. The topological polar surface area (TPSA) is 58.2 Å². The molecule has 102 valence electrons. The summed E-state index contributed by atoms with van der Waals surface area (Å²) in [5.41, 5.74) is 0. The Bertz CT molecular complexity index is 703. The van der Waals surface area contributed by atoms with Crippen LogP contribution in [0.4, 0.5) is 0 Å². The molecule has 0 radical (unpaired) electrons. The number of thiophene rings is 1. The Balaban J connectivity index is 2.10. The van der Waals surface area contributed by atoms with E-state index in [0.29, 0.717) is 17.5 Å². The molecule has 0 saturated heterocycles. The molecule has 19 heavy (non-hydrogen) atoms. The average molecular weight is 296 g/mol. The van der Waals surface area contributed by atoms with Crippen molar-refractivity contribution in [2.24, 2.45) is 0 Å². The normalized spacial score (nSPS) is 16.1. The Labute approximate surface area is 116 Å². The van der Waals surface area contributed by atoms with Gasteiger partial charge in [0.1, 0.15) is 4.90 Å². The van der Waals surface area contributed by atoms with E-state index >= 15 is 0 Å². The van der Waals surface area contributed by atoms with Crippen molar-refractivity contribution < 1.29 is 8.42 Å². The molecule has 0 bridgehead atoms. The third-order valence-corrected chi connectivity index (χ3v) is 6.13. The summed E-state index contributed by atoms with van der Waals surface area (Å²) in [5, 5.41) is 4.20. The molecule has 1 aliphatic rings. The SMILES string of the molecule is CNS(=O)(=O)c1c(CNC2CC2)sc2ccccc12. The predicted octanol–water partition coefficient (Wildman–Crippen LogP) is 2.06. The summed E-state index contributed by atoms with van der Waals surface area (Å²) in [6.45, 7) is 0.625. The second-order valence-corrected chi connectivity index (χ2v) is 7.67. The number of hydrogen-bond acceptors (Lipinski definition) is 4. The van der Waals surface area contributed by atoms with Crippen molar-refractivity contribution in [1.82, 2.24) is 10.0 Å². The molecule has 1 fully saturated rings. The number of benzene rings is 1. The number of fused-ring (bicyclic) bond motifs is 1. The molecule has 0 aliphatic heterocycles. The molecule has 0 unspecified atom stereocenters. The highest BCUT2D eigenvalue weighted by Gasteiger charge is 2.25. The van der Waals surface area contributed by atoms with E-state index in [9.17, 15) is 8.42 Å². The maximum Gasteiger partial charge on any atom is 0.242 e. The average Bonchev–Trinajstić information content (AvgIpc) is 3.15. The molecular weight excluding hydrogens is 280 g/mol. The van der Waals surface area contributed by atoms with Crippen LogP contribution in [0, 0.1) is 0 Å². The van der Waals surface area contributed by atoms with E-state index < -0.39 is 10.0 Å². The summed E-state index contributed by atoms with van der Waals surface area (Å²) < 4.78 is 27.9. The number of rotatable bonds is 5. The first-order chi connectivity index (χ1) is 9.12. The van der Waals surface area contributed by atoms with Crippen LogP contribution in [0.5, 0.6) is 0 Å². The van der Waals surface area contributed by atoms with Crippen LogP contribution in [0.15, 0.2) is 29.2 Å². The standard InChI is InChI=1S/C13H16N2O2S2/c1-14-19(16,17)13-10-4-2-3-5-11(10)18-12(13)8-15-9-6-7-9/h2-5,9,14-15H,6-8H2,1H3. The number of sulfonamides is 1. The third-order valence-electron chi connectivity index (χ3n) is 3.28. The van der Waals surface area contributed by atoms with E-state index in [1.54, 1.807) is 11.3 Å². The summed E-state index contributed by atoms with van der Waals surface area (Å²) in [6, 6.07) is 8.22. The second kappa shape index (κ2) is 4.86. The van der Waals surface area contributed by atoms with Crippen molar-refractivity contribution in [2.75, 3.05) is 7.05 Å². The summed E-state index contributed by atoms with van der Waals surface area (Å²) >= 11 is 1.55. The maximum atomic E-state index is 12.2. The quantitative estimate of drug-likeness (QED) is 0.888. The maximum absolute atomic E-state index is 12.2. The van der Waals surface area contributed by atoms with E-state index in [1.807, 2.05) is 24.3 Å². The molecule has 1 aromatic carbocycles. The lowest BCUT2D eigenvalue weighted by molar-refractivity contribution is 0.587. The molecule has 1 aromatic heterocycles. The molecule has 4 nitrogen and oxygen atoms in total. The molecule has 0 spiro atoms. The van der Waals surface area contributed by atoms with Crippen LogP contribution in [0.1, 0.15) is 17.7 Å². The Kier molecular flexibility index (Phi) is 3.34. The van der Waals surface area contributed by atoms with E-state index in [1.165, 1.54) is 19.9 Å². The molecule has 0 amide bonds. The van der Waals surface area contributed by atoms with Gasteiger partial charge in [-0.3, -0.25) is 0 Å². The lowest BCUT2D eigenvalue weighted by Crippen LogP contribution is -2.22. The summed E-state index contributed by atoms with van der Waals surface area (Å²) in [4.78, 5) is 1.33. The minimum atomic E-state index is -3.42. The lowest BCUT2D eigenvalue weighted by atomic mass is 10.2. The molecular formula is C13H16N2O2S2. The Morgan fingerprint density at radius 3 is 2.74 bits per heavy atom. The van der Waals surface area contributed by atoms with E-state index in [-0.39, 0.29) is 0 Å². The van der Waals surface area contributed by atoms with Gasteiger partial charge in [0, 0.05) is 27.5 Å². The van der Waals surface area contributed by atoms with Gasteiger partial charge in [0.2, 0.25) is 10.0 Å². The number of hydrogen-bond donors (Lipinski definition) is 2. The van der Waals surface area contributed by atoms with Gasteiger partial charge in [-0.15, -0.1) is 11.3 Å². The molecule has 6 heteroatoms. The van der Waals surface area contributed by atoms with E-state index in [4.69, 9.17) is 0 Å². The van der Waals surface area contributed by atoms with Gasteiger partial charge in [0.15, 0.2) is 0 Å². The van der Waals surface area contributed by atoms with Gasteiger partial charge >= 0.3 is 0 Å². The monoisotopic (exact) mass is 296 g/mol. The minimum Gasteiger partial charge on any atom is -0.309 e. The van der Waals surface area contributed by atoms with Gasteiger partial charge in [0.05, 0.1) is 0 Å². The van der Waals surface area contributed by atoms with E-state index in [0.717, 1.165) is 15.0 Å². The highest BCUT2D eigenvalue weighted by molar-refractivity contribution is 7.90. The first-order valence-corrected chi connectivity index (χ1v) is 8.59. The highest BCUT2D eigenvalue weighted by Crippen LogP contribution is 2.35. The van der Waals surface area contributed by atoms with Gasteiger partial charge in [-0.05, 0) is 26.0 Å². The van der Waals surface area contributed by atoms with Crippen molar-refractivity contribution in [1.29, 1.82) is 0 Å². The summed E-state index contributed by atoms with van der Waals surface area (Å²) in [7, 11) is -1.96. The van der Waals surface area contributed by atoms with Crippen LogP contribution in [0.2, 0.25) is 0 Å². The summed E-state index contributed by atoms with van der Waals surface area (Å²) in [5.74, 6) is 0. The zero-order chi connectivity index (χ0) is 13.5. The lowest BCUT2D eigenvalue weighted by Gasteiger charge is -2.06. The predicted molar refractivity (Wildman–Crippen MR) is 77.9 cm³/mol. The second-order valence-electron chi connectivity index (χ2n) is 4.71. The molecule has 1 aliphatic carbocycles. The van der Waals surface area contributed by atoms with Crippen molar-refractivity contribution in [3.05, 3.63) is 29.1 Å². The van der Waals surface area contributed by atoms with Crippen LogP contribution >= 0.6 is 11.3 Å². The van der Waals surface area contributed by atoms with Gasteiger partial charge in [-0.2, -0.15) is 0 Å². The molecule has 1 heterocycles.